The van der Waals surface area contributed by atoms with Crippen LogP contribution in [0.5, 0.6) is 0 Å². The Bertz CT molecular complexity index is 1110. The van der Waals surface area contributed by atoms with Crippen LogP contribution in [0.3, 0.4) is 0 Å². The second-order valence-corrected chi connectivity index (χ2v) is 9.13. The largest absolute Gasteiger partial charge is 0.338 e. The molecule has 0 atom stereocenters. The minimum atomic E-state index is 0.770. The molecule has 0 bridgehead atoms. The summed E-state index contributed by atoms with van der Waals surface area (Å²) in [4.78, 5) is 3.37. The van der Waals surface area contributed by atoms with Crippen molar-refractivity contribution in [2.24, 2.45) is 7.05 Å². The molecule has 136 valence electrons. The van der Waals surface area contributed by atoms with Crippen molar-refractivity contribution < 1.29 is 4.57 Å². The molecule has 0 amide bonds. The van der Waals surface area contributed by atoms with E-state index >= 15 is 0 Å². The second-order valence-electron chi connectivity index (χ2n) is 6.13. The number of halogens is 2. The minimum absolute atomic E-state index is 0.770. The van der Waals surface area contributed by atoms with Crippen molar-refractivity contribution in [1.82, 2.24) is 0 Å². The SMILES string of the molecule is CN1\C(=C/C=C/C=C/c2sc3cc(Cl)ccc3[n+]2C)Sc2cc(Cl)ccc21. The van der Waals surface area contributed by atoms with Gasteiger partial charge in [0.25, 0.3) is 5.01 Å². The van der Waals surface area contributed by atoms with Crippen molar-refractivity contribution in [3.63, 3.8) is 0 Å². The summed E-state index contributed by atoms with van der Waals surface area (Å²) in [6.45, 7) is 0. The fourth-order valence-electron chi connectivity index (χ4n) is 2.92. The van der Waals surface area contributed by atoms with Crippen LogP contribution in [-0.4, -0.2) is 7.05 Å². The van der Waals surface area contributed by atoms with Crippen LogP contribution in [0.4, 0.5) is 5.69 Å². The molecule has 6 heteroatoms. The zero-order valence-electron chi connectivity index (χ0n) is 14.8. The summed E-state index contributed by atoms with van der Waals surface area (Å²) in [7, 11) is 4.15. The van der Waals surface area contributed by atoms with Crippen LogP contribution in [0.25, 0.3) is 16.3 Å². The molecule has 0 aliphatic carbocycles. The van der Waals surface area contributed by atoms with E-state index in [4.69, 9.17) is 23.2 Å². The molecule has 0 saturated heterocycles. The number of thioether (sulfide) groups is 1. The van der Waals surface area contributed by atoms with Crippen molar-refractivity contribution in [2.75, 3.05) is 11.9 Å². The Morgan fingerprint density at radius 1 is 1.00 bits per heavy atom. The lowest BCUT2D eigenvalue weighted by molar-refractivity contribution is -0.642. The molecule has 2 nitrogen and oxygen atoms in total. The van der Waals surface area contributed by atoms with Crippen LogP contribution in [0, 0.1) is 0 Å². The van der Waals surface area contributed by atoms with Crippen molar-refractivity contribution >= 4 is 68.3 Å². The quantitative estimate of drug-likeness (QED) is 0.336. The summed E-state index contributed by atoms with van der Waals surface area (Å²) >= 11 is 15.6. The van der Waals surface area contributed by atoms with Crippen molar-refractivity contribution in [3.8, 4) is 0 Å². The molecule has 1 aromatic heterocycles. The molecule has 0 spiro atoms. The van der Waals surface area contributed by atoms with Crippen molar-refractivity contribution in [3.05, 3.63) is 80.8 Å². The number of hydrogen-bond acceptors (Lipinski definition) is 3. The van der Waals surface area contributed by atoms with Crippen LogP contribution in [-0.2, 0) is 7.05 Å². The fraction of sp³-hybridized carbons (Fsp3) is 0.0952. The maximum absolute atomic E-state index is 6.09. The minimum Gasteiger partial charge on any atom is -0.338 e. The maximum Gasteiger partial charge on any atom is 0.262 e. The summed E-state index contributed by atoms with van der Waals surface area (Å²) in [6.07, 6.45) is 10.4. The standard InChI is InChI=1S/C21H17Cl2N2S2/c1-24-16-10-8-14(22)12-18(16)26-20(24)6-4-3-5-7-21-25(2)17-11-9-15(23)13-19(17)27-21/h3-13H,1-2H3/q+1. The van der Waals surface area contributed by atoms with E-state index in [1.54, 1.807) is 23.1 Å². The van der Waals surface area contributed by atoms with Gasteiger partial charge in [-0.25, -0.2) is 0 Å². The molecule has 1 aliphatic heterocycles. The summed E-state index contributed by atoms with van der Waals surface area (Å²) in [5.74, 6) is 0. The van der Waals surface area contributed by atoms with Crippen LogP contribution < -0.4 is 9.47 Å². The van der Waals surface area contributed by atoms with E-state index in [-0.39, 0.29) is 0 Å². The Morgan fingerprint density at radius 2 is 1.78 bits per heavy atom. The van der Waals surface area contributed by atoms with Gasteiger partial charge in [-0.2, -0.15) is 4.57 Å². The summed E-state index contributed by atoms with van der Waals surface area (Å²) in [5, 5.41) is 3.90. The number of rotatable bonds is 3. The average molecular weight is 432 g/mol. The molecule has 3 aromatic rings. The number of thiazole rings is 1. The van der Waals surface area contributed by atoms with Gasteiger partial charge in [-0.1, -0.05) is 64.5 Å². The first-order valence-electron chi connectivity index (χ1n) is 8.37. The first-order valence-corrected chi connectivity index (χ1v) is 10.8. The fourth-order valence-corrected chi connectivity index (χ4v) is 5.60. The molecule has 4 rings (SSSR count). The highest BCUT2D eigenvalue weighted by Crippen LogP contribution is 2.45. The van der Waals surface area contributed by atoms with Gasteiger partial charge in [-0.15, -0.1) is 0 Å². The smallest absolute Gasteiger partial charge is 0.262 e. The molecule has 27 heavy (non-hydrogen) atoms. The van der Waals surface area contributed by atoms with Crippen molar-refractivity contribution in [1.29, 1.82) is 0 Å². The van der Waals surface area contributed by atoms with Gasteiger partial charge in [0.1, 0.15) is 11.7 Å². The first-order chi connectivity index (χ1) is 13.0. The number of fused-ring (bicyclic) bond motifs is 2. The molecule has 0 unspecified atom stereocenters. The van der Waals surface area contributed by atoms with Crippen LogP contribution in [0.2, 0.25) is 10.0 Å². The molecule has 0 radical (unpaired) electrons. The third kappa shape index (κ3) is 3.81. The molecule has 0 fully saturated rings. The van der Waals surface area contributed by atoms with Gasteiger partial charge in [0.15, 0.2) is 0 Å². The number of nitrogens with zero attached hydrogens (tertiary/aromatic N) is 2. The number of hydrogen-bond donors (Lipinski definition) is 0. The van der Waals surface area contributed by atoms with E-state index in [0.29, 0.717) is 0 Å². The topological polar surface area (TPSA) is 7.12 Å². The van der Waals surface area contributed by atoms with Gasteiger partial charge < -0.3 is 4.90 Å². The van der Waals surface area contributed by atoms with Gasteiger partial charge in [-0.05, 0) is 36.4 Å². The summed E-state index contributed by atoms with van der Waals surface area (Å²) in [5.41, 5.74) is 2.38. The van der Waals surface area contributed by atoms with Crippen LogP contribution in [0.1, 0.15) is 5.01 Å². The predicted octanol–water partition coefficient (Wildman–Crippen LogP) is 6.69. The molecule has 2 aromatic carbocycles. The lowest BCUT2D eigenvalue weighted by atomic mass is 10.3. The number of aryl methyl sites for hydroxylation is 1. The molecular weight excluding hydrogens is 415 g/mol. The van der Waals surface area contributed by atoms with E-state index in [1.165, 1.54) is 30.8 Å². The van der Waals surface area contributed by atoms with Crippen molar-refractivity contribution in [2.45, 2.75) is 4.90 Å². The normalized spacial score (nSPS) is 15.7. The second kappa shape index (κ2) is 7.72. The zero-order chi connectivity index (χ0) is 19.0. The van der Waals surface area contributed by atoms with E-state index in [0.717, 1.165) is 10.0 Å². The van der Waals surface area contributed by atoms with Gasteiger partial charge in [0.2, 0.25) is 5.52 Å². The lowest BCUT2D eigenvalue weighted by Crippen LogP contribution is -2.28. The highest BCUT2D eigenvalue weighted by molar-refractivity contribution is 8.03. The molecule has 2 heterocycles. The van der Waals surface area contributed by atoms with Gasteiger partial charge >= 0.3 is 0 Å². The average Bonchev–Trinajstić information content (AvgIpc) is 3.11. The van der Waals surface area contributed by atoms with Gasteiger partial charge in [-0.3, -0.25) is 0 Å². The number of anilines is 1. The van der Waals surface area contributed by atoms with E-state index in [9.17, 15) is 0 Å². The Hall–Kier alpha value is -1.72. The highest BCUT2D eigenvalue weighted by atomic mass is 35.5. The Kier molecular flexibility index (Phi) is 5.33. The van der Waals surface area contributed by atoms with E-state index in [1.807, 2.05) is 24.3 Å². The number of allylic oxidation sites excluding steroid dienone is 4. The highest BCUT2D eigenvalue weighted by Gasteiger charge is 2.21. The predicted molar refractivity (Wildman–Crippen MR) is 120 cm³/mol. The Morgan fingerprint density at radius 3 is 2.63 bits per heavy atom. The van der Waals surface area contributed by atoms with E-state index in [2.05, 4.69) is 66.1 Å². The molecule has 1 aliphatic rings. The third-order valence-electron chi connectivity index (χ3n) is 4.36. The van der Waals surface area contributed by atoms with Crippen LogP contribution >= 0.6 is 46.3 Å². The first kappa shape index (κ1) is 18.6. The van der Waals surface area contributed by atoms with Gasteiger partial charge in [0, 0.05) is 34.1 Å². The molecule has 0 saturated carbocycles. The Labute approximate surface area is 177 Å². The molecular formula is C21H17Cl2N2S2+. The Balaban J connectivity index is 1.49. The zero-order valence-corrected chi connectivity index (χ0v) is 18.0. The maximum atomic E-state index is 6.09. The molecule has 0 N–H and O–H groups in total. The summed E-state index contributed by atoms with van der Waals surface area (Å²) < 4.78 is 3.37. The monoisotopic (exact) mass is 431 g/mol. The van der Waals surface area contributed by atoms with Crippen LogP contribution in [0.15, 0.2) is 70.6 Å². The van der Waals surface area contributed by atoms with E-state index < -0.39 is 0 Å². The number of aromatic nitrogens is 1. The summed E-state index contributed by atoms with van der Waals surface area (Å²) in [6, 6.07) is 12.0. The third-order valence-corrected chi connectivity index (χ3v) is 7.16. The lowest BCUT2D eigenvalue weighted by Gasteiger charge is -2.12. The van der Waals surface area contributed by atoms with Gasteiger partial charge in [0.05, 0.1) is 10.7 Å². The number of benzene rings is 2.